The third-order valence-electron chi connectivity index (χ3n) is 3.10. The average Bonchev–Trinajstić information content (AvgIpc) is 2.71. The first-order valence-corrected chi connectivity index (χ1v) is 5.73. The SMILES string of the molecule is CCC(C)(CN)c1nc2cc(Cl)ccc2o1. The lowest BCUT2D eigenvalue weighted by Gasteiger charge is -2.21. The third kappa shape index (κ3) is 1.81. The standard InChI is InChI=1S/C12H15ClN2O/c1-3-12(2,7-14)11-15-9-6-8(13)4-5-10(9)16-11/h4-6H,3,7,14H2,1-2H3. The summed E-state index contributed by atoms with van der Waals surface area (Å²) in [5.41, 5.74) is 7.12. The molecule has 1 heterocycles. The fourth-order valence-corrected chi connectivity index (χ4v) is 1.71. The lowest BCUT2D eigenvalue weighted by Crippen LogP contribution is -2.31. The van der Waals surface area contributed by atoms with E-state index in [0.29, 0.717) is 17.5 Å². The van der Waals surface area contributed by atoms with E-state index in [2.05, 4.69) is 18.8 Å². The zero-order valence-corrected chi connectivity index (χ0v) is 10.2. The van der Waals surface area contributed by atoms with Crippen molar-refractivity contribution < 1.29 is 4.42 Å². The second kappa shape index (κ2) is 4.07. The quantitative estimate of drug-likeness (QED) is 0.894. The van der Waals surface area contributed by atoms with Crippen molar-refractivity contribution in [2.75, 3.05) is 6.54 Å². The van der Waals surface area contributed by atoms with Gasteiger partial charge in [0.1, 0.15) is 5.52 Å². The normalized spacial score (nSPS) is 15.2. The van der Waals surface area contributed by atoms with Crippen LogP contribution in [0.3, 0.4) is 0 Å². The summed E-state index contributed by atoms with van der Waals surface area (Å²) >= 11 is 5.90. The van der Waals surface area contributed by atoms with Crippen molar-refractivity contribution in [1.29, 1.82) is 0 Å². The number of nitrogens with zero attached hydrogens (tertiary/aromatic N) is 1. The molecule has 2 N–H and O–H groups in total. The summed E-state index contributed by atoms with van der Waals surface area (Å²) < 4.78 is 5.72. The Kier molecular flexibility index (Phi) is 2.91. The predicted molar refractivity (Wildman–Crippen MR) is 65.7 cm³/mol. The van der Waals surface area contributed by atoms with Crippen LogP contribution in [0.5, 0.6) is 0 Å². The van der Waals surface area contributed by atoms with Gasteiger partial charge < -0.3 is 10.2 Å². The van der Waals surface area contributed by atoms with Gasteiger partial charge in [-0.3, -0.25) is 0 Å². The van der Waals surface area contributed by atoms with Gasteiger partial charge in [0, 0.05) is 11.6 Å². The van der Waals surface area contributed by atoms with E-state index in [0.717, 1.165) is 17.5 Å². The molecule has 1 unspecified atom stereocenters. The van der Waals surface area contributed by atoms with Gasteiger partial charge in [0.05, 0.1) is 5.41 Å². The van der Waals surface area contributed by atoms with E-state index in [1.54, 1.807) is 12.1 Å². The number of fused-ring (bicyclic) bond motifs is 1. The first-order valence-electron chi connectivity index (χ1n) is 5.35. The Morgan fingerprint density at radius 3 is 2.88 bits per heavy atom. The van der Waals surface area contributed by atoms with Gasteiger partial charge in [-0.05, 0) is 31.5 Å². The highest BCUT2D eigenvalue weighted by atomic mass is 35.5. The Bertz CT molecular complexity index is 503. The van der Waals surface area contributed by atoms with E-state index in [-0.39, 0.29) is 5.41 Å². The fourth-order valence-electron chi connectivity index (χ4n) is 1.54. The van der Waals surface area contributed by atoms with E-state index in [1.165, 1.54) is 0 Å². The zero-order chi connectivity index (χ0) is 11.8. The zero-order valence-electron chi connectivity index (χ0n) is 9.46. The molecule has 0 amide bonds. The van der Waals surface area contributed by atoms with Crippen molar-refractivity contribution in [2.24, 2.45) is 5.73 Å². The van der Waals surface area contributed by atoms with Crippen LogP contribution in [-0.4, -0.2) is 11.5 Å². The molecular weight excluding hydrogens is 224 g/mol. The second-order valence-corrected chi connectivity index (χ2v) is 4.69. The highest BCUT2D eigenvalue weighted by Crippen LogP contribution is 2.29. The Morgan fingerprint density at radius 1 is 1.50 bits per heavy atom. The van der Waals surface area contributed by atoms with Gasteiger partial charge in [-0.25, -0.2) is 4.98 Å². The van der Waals surface area contributed by atoms with Crippen LogP contribution in [0.1, 0.15) is 26.2 Å². The first kappa shape index (κ1) is 11.4. The molecule has 4 heteroatoms. The van der Waals surface area contributed by atoms with E-state index in [4.69, 9.17) is 21.8 Å². The molecule has 0 aliphatic carbocycles. The molecule has 2 rings (SSSR count). The maximum atomic E-state index is 5.90. The van der Waals surface area contributed by atoms with Crippen LogP contribution in [0.4, 0.5) is 0 Å². The highest BCUT2D eigenvalue weighted by Gasteiger charge is 2.28. The summed E-state index contributed by atoms with van der Waals surface area (Å²) in [7, 11) is 0. The van der Waals surface area contributed by atoms with Gasteiger partial charge in [0.25, 0.3) is 0 Å². The summed E-state index contributed by atoms with van der Waals surface area (Å²) in [5.74, 6) is 0.690. The molecular formula is C12H15ClN2O. The smallest absolute Gasteiger partial charge is 0.202 e. The van der Waals surface area contributed by atoms with Crippen molar-refractivity contribution >= 4 is 22.7 Å². The van der Waals surface area contributed by atoms with Crippen LogP contribution in [0.25, 0.3) is 11.1 Å². The van der Waals surface area contributed by atoms with E-state index in [9.17, 15) is 0 Å². The Hall–Kier alpha value is -1.06. The Morgan fingerprint density at radius 2 is 2.25 bits per heavy atom. The van der Waals surface area contributed by atoms with Gasteiger partial charge in [-0.1, -0.05) is 18.5 Å². The number of aromatic nitrogens is 1. The van der Waals surface area contributed by atoms with Gasteiger partial charge in [0.2, 0.25) is 5.89 Å². The molecule has 2 aromatic rings. The minimum absolute atomic E-state index is 0.203. The van der Waals surface area contributed by atoms with Crippen molar-refractivity contribution in [3.8, 4) is 0 Å². The van der Waals surface area contributed by atoms with Crippen LogP contribution in [0.15, 0.2) is 22.6 Å². The third-order valence-corrected chi connectivity index (χ3v) is 3.33. The van der Waals surface area contributed by atoms with Crippen LogP contribution in [0, 0.1) is 0 Å². The maximum Gasteiger partial charge on any atom is 0.202 e. The minimum Gasteiger partial charge on any atom is -0.440 e. The summed E-state index contributed by atoms with van der Waals surface area (Å²) in [5, 5.41) is 0.665. The van der Waals surface area contributed by atoms with Crippen molar-refractivity contribution in [3.63, 3.8) is 0 Å². The lowest BCUT2D eigenvalue weighted by atomic mass is 9.88. The summed E-state index contributed by atoms with van der Waals surface area (Å²) in [6, 6.07) is 5.43. The van der Waals surface area contributed by atoms with Crippen LogP contribution in [-0.2, 0) is 5.41 Å². The largest absolute Gasteiger partial charge is 0.440 e. The van der Waals surface area contributed by atoms with Gasteiger partial charge >= 0.3 is 0 Å². The second-order valence-electron chi connectivity index (χ2n) is 4.25. The van der Waals surface area contributed by atoms with Crippen molar-refractivity contribution in [2.45, 2.75) is 25.7 Å². The number of oxazole rings is 1. The molecule has 0 aliphatic rings. The molecule has 0 bridgehead atoms. The molecule has 1 atom stereocenters. The molecule has 3 nitrogen and oxygen atoms in total. The molecule has 16 heavy (non-hydrogen) atoms. The van der Waals surface area contributed by atoms with Gasteiger partial charge in [0.15, 0.2) is 5.58 Å². The molecule has 1 aromatic carbocycles. The monoisotopic (exact) mass is 238 g/mol. The van der Waals surface area contributed by atoms with Gasteiger partial charge in [-0.15, -0.1) is 0 Å². The number of hydrogen-bond donors (Lipinski definition) is 1. The predicted octanol–water partition coefficient (Wildman–Crippen LogP) is 3.11. The fraction of sp³-hybridized carbons (Fsp3) is 0.417. The maximum absolute atomic E-state index is 5.90. The summed E-state index contributed by atoms with van der Waals surface area (Å²) in [4.78, 5) is 4.46. The number of hydrogen-bond acceptors (Lipinski definition) is 3. The molecule has 0 saturated heterocycles. The average molecular weight is 239 g/mol. The highest BCUT2D eigenvalue weighted by molar-refractivity contribution is 6.31. The molecule has 0 radical (unpaired) electrons. The topological polar surface area (TPSA) is 52.0 Å². The van der Waals surface area contributed by atoms with Gasteiger partial charge in [-0.2, -0.15) is 0 Å². The molecule has 1 aromatic heterocycles. The molecule has 0 saturated carbocycles. The summed E-state index contributed by atoms with van der Waals surface area (Å²) in [6.45, 7) is 4.65. The van der Waals surface area contributed by atoms with Crippen molar-refractivity contribution in [3.05, 3.63) is 29.1 Å². The van der Waals surface area contributed by atoms with Crippen LogP contribution in [0.2, 0.25) is 5.02 Å². The molecule has 86 valence electrons. The molecule has 0 fully saturated rings. The lowest BCUT2D eigenvalue weighted by molar-refractivity contribution is 0.354. The number of nitrogens with two attached hydrogens (primary N) is 1. The van der Waals surface area contributed by atoms with Crippen molar-refractivity contribution in [1.82, 2.24) is 4.98 Å². The summed E-state index contributed by atoms with van der Waals surface area (Å²) in [6.07, 6.45) is 0.893. The van der Waals surface area contributed by atoms with E-state index >= 15 is 0 Å². The van der Waals surface area contributed by atoms with Crippen LogP contribution < -0.4 is 5.73 Å². The Labute approximate surface area is 99.6 Å². The number of halogens is 1. The van der Waals surface area contributed by atoms with E-state index < -0.39 is 0 Å². The molecule has 0 aliphatic heterocycles. The number of benzene rings is 1. The van der Waals surface area contributed by atoms with Crippen LogP contribution >= 0.6 is 11.6 Å². The van der Waals surface area contributed by atoms with E-state index in [1.807, 2.05) is 6.07 Å². The minimum atomic E-state index is -0.203. The Balaban J connectivity index is 2.54. The first-order chi connectivity index (χ1) is 7.59. The molecule has 0 spiro atoms. The number of rotatable bonds is 3.